The van der Waals surface area contributed by atoms with Gasteiger partial charge < -0.3 is 10.2 Å². The number of aryl methyl sites for hydroxylation is 1. The van der Waals surface area contributed by atoms with E-state index in [4.69, 9.17) is 0 Å². The first kappa shape index (κ1) is 14.8. The Morgan fingerprint density at radius 1 is 1.27 bits per heavy atom. The molecule has 2 amide bonds. The van der Waals surface area contributed by atoms with Gasteiger partial charge in [-0.05, 0) is 31.8 Å². The summed E-state index contributed by atoms with van der Waals surface area (Å²) in [5.41, 5.74) is 0.919. The van der Waals surface area contributed by atoms with Crippen molar-refractivity contribution in [2.75, 3.05) is 13.1 Å². The summed E-state index contributed by atoms with van der Waals surface area (Å²) in [6.45, 7) is 1.40. The Kier molecular flexibility index (Phi) is 4.27. The summed E-state index contributed by atoms with van der Waals surface area (Å²) < 4.78 is 1.71. The number of likely N-dealkylation sites (tertiary alicyclic amines) is 1. The van der Waals surface area contributed by atoms with E-state index in [1.54, 1.807) is 23.0 Å². The van der Waals surface area contributed by atoms with Crippen molar-refractivity contribution < 1.29 is 9.59 Å². The third-order valence-corrected chi connectivity index (χ3v) is 4.24. The number of hydrogen-bond donors (Lipinski definition) is 1. The molecule has 2 fully saturated rings. The Morgan fingerprint density at radius 2 is 2.00 bits per heavy atom. The van der Waals surface area contributed by atoms with E-state index in [1.165, 1.54) is 0 Å². The lowest BCUT2D eigenvalue weighted by Crippen LogP contribution is -2.46. The molecule has 2 aliphatic rings. The Bertz CT molecular complexity index is 581. The van der Waals surface area contributed by atoms with Crippen LogP contribution in [0.15, 0.2) is 18.5 Å². The van der Waals surface area contributed by atoms with Crippen molar-refractivity contribution in [2.24, 2.45) is 13.0 Å². The van der Waals surface area contributed by atoms with Gasteiger partial charge in [0.05, 0.1) is 6.20 Å². The van der Waals surface area contributed by atoms with Gasteiger partial charge in [-0.25, -0.2) is 0 Å². The summed E-state index contributed by atoms with van der Waals surface area (Å²) in [6.07, 6.45) is 10.7. The third-order valence-electron chi connectivity index (χ3n) is 4.24. The molecule has 6 heteroatoms. The number of aromatic nitrogens is 2. The molecule has 1 aliphatic heterocycles. The van der Waals surface area contributed by atoms with Gasteiger partial charge in [-0.2, -0.15) is 5.10 Å². The monoisotopic (exact) mass is 302 g/mol. The smallest absolute Gasteiger partial charge is 0.246 e. The number of carbonyl (C=O) groups is 2. The van der Waals surface area contributed by atoms with Gasteiger partial charge in [0.2, 0.25) is 11.8 Å². The molecule has 1 N–H and O–H groups in total. The Morgan fingerprint density at radius 3 is 2.59 bits per heavy atom. The number of rotatable bonds is 4. The van der Waals surface area contributed by atoms with Crippen LogP contribution < -0.4 is 5.32 Å². The molecule has 0 spiro atoms. The van der Waals surface area contributed by atoms with Gasteiger partial charge >= 0.3 is 0 Å². The van der Waals surface area contributed by atoms with Crippen molar-refractivity contribution in [1.82, 2.24) is 20.0 Å². The molecule has 0 aromatic carbocycles. The van der Waals surface area contributed by atoms with Crippen molar-refractivity contribution in [3.05, 3.63) is 24.0 Å². The lowest BCUT2D eigenvalue weighted by molar-refractivity contribution is -0.127. The van der Waals surface area contributed by atoms with Gasteiger partial charge in [0.1, 0.15) is 0 Å². The average molecular weight is 302 g/mol. The zero-order valence-corrected chi connectivity index (χ0v) is 12.9. The lowest BCUT2D eigenvalue weighted by Gasteiger charge is -2.31. The molecular formula is C16H22N4O2. The van der Waals surface area contributed by atoms with Gasteiger partial charge in [-0.3, -0.25) is 14.3 Å². The molecular weight excluding hydrogens is 280 g/mol. The van der Waals surface area contributed by atoms with Crippen LogP contribution in [-0.2, 0) is 16.6 Å². The molecule has 22 heavy (non-hydrogen) atoms. The maximum Gasteiger partial charge on any atom is 0.246 e. The molecule has 1 aromatic rings. The summed E-state index contributed by atoms with van der Waals surface area (Å²) in [5.74, 6) is 0.471. The third kappa shape index (κ3) is 3.75. The van der Waals surface area contributed by atoms with Crippen LogP contribution >= 0.6 is 0 Å². The van der Waals surface area contributed by atoms with E-state index in [-0.39, 0.29) is 23.8 Å². The van der Waals surface area contributed by atoms with Crippen molar-refractivity contribution >= 4 is 17.9 Å². The largest absolute Gasteiger partial charge is 0.353 e. The fraction of sp³-hybridized carbons (Fsp3) is 0.562. The first-order valence-electron chi connectivity index (χ1n) is 7.88. The van der Waals surface area contributed by atoms with Gasteiger partial charge in [0, 0.05) is 49.9 Å². The van der Waals surface area contributed by atoms with Gasteiger partial charge in [-0.1, -0.05) is 0 Å². The molecule has 1 saturated heterocycles. The van der Waals surface area contributed by atoms with E-state index in [1.807, 2.05) is 18.1 Å². The van der Waals surface area contributed by atoms with Gasteiger partial charge in [0.25, 0.3) is 0 Å². The number of amides is 2. The second-order valence-electron chi connectivity index (χ2n) is 6.16. The van der Waals surface area contributed by atoms with Crippen LogP contribution in [0.5, 0.6) is 0 Å². The SMILES string of the molecule is Cn1cc(/C=C/C(=O)N2CCC(NC(=O)C3CC3)CC2)cn1. The van der Waals surface area contributed by atoms with Crippen LogP contribution in [0.3, 0.4) is 0 Å². The van der Waals surface area contributed by atoms with Gasteiger partial charge in [-0.15, -0.1) is 0 Å². The minimum absolute atomic E-state index is 0.0239. The maximum atomic E-state index is 12.1. The first-order valence-corrected chi connectivity index (χ1v) is 7.88. The highest BCUT2D eigenvalue weighted by Gasteiger charge is 2.32. The number of hydrogen-bond acceptors (Lipinski definition) is 3. The molecule has 1 saturated carbocycles. The molecule has 1 aliphatic carbocycles. The van der Waals surface area contributed by atoms with E-state index in [0.29, 0.717) is 13.1 Å². The zero-order valence-electron chi connectivity index (χ0n) is 12.9. The summed E-state index contributed by atoms with van der Waals surface area (Å²) in [6, 6.07) is 0.222. The Hall–Kier alpha value is -2.11. The highest BCUT2D eigenvalue weighted by molar-refractivity contribution is 5.91. The van der Waals surface area contributed by atoms with E-state index in [2.05, 4.69) is 10.4 Å². The highest BCUT2D eigenvalue weighted by atomic mass is 16.2. The molecule has 118 valence electrons. The van der Waals surface area contributed by atoms with Crippen LogP contribution in [0.25, 0.3) is 6.08 Å². The minimum Gasteiger partial charge on any atom is -0.353 e. The standard InChI is InChI=1S/C16H22N4O2/c1-19-11-12(10-17-19)2-5-15(21)20-8-6-14(7-9-20)18-16(22)13-3-4-13/h2,5,10-11,13-14H,3-4,6-9H2,1H3,(H,18,22)/b5-2+. The second kappa shape index (κ2) is 6.34. The predicted molar refractivity (Wildman–Crippen MR) is 82.7 cm³/mol. The summed E-state index contributed by atoms with van der Waals surface area (Å²) >= 11 is 0. The van der Waals surface area contributed by atoms with Crippen LogP contribution in [-0.4, -0.2) is 45.6 Å². The van der Waals surface area contributed by atoms with Crippen LogP contribution in [0.4, 0.5) is 0 Å². The van der Waals surface area contributed by atoms with Crippen molar-refractivity contribution in [3.8, 4) is 0 Å². The predicted octanol–water partition coefficient (Wildman–Crippen LogP) is 0.950. The van der Waals surface area contributed by atoms with Crippen molar-refractivity contribution in [3.63, 3.8) is 0 Å². The van der Waals surface area contributed by atoms with Crippen molar-refractivity contribution in [2.45, 2.75) is 31.7 Å². The normalized spacial score (nSPS) is 19.6. The summed E-state index contributed by atoms with van der Waals surface area (Å²) in [7, 11) is 1.85. The fourth-order valence-electron chi connectivity index (χ4n) is 2.71. The van der Waals surface area contributed by atoms with E-state index in [0.717, 1.165) is 31.2 Å². The fourth-order valence-corrected chi connectivity index (χ4v) is 2.71. The van der Waals surface area contributed by atoms with Crippen LogP contribution in [0.2, 0.25) is 0 Å². The summed E-state index contributed by atoms with van der Waals surface area (Å²) in [4.78, 5) is 25.7. The second-order valence-corrected chi connectivity index (χ2v) is 6.16. The molecule has 0 atom stereocenters. The zero-order chi connectivity index (χ0) is 15.5. The molecule has 6 nitrogen and oxygen atoms in total. The highest BCUT2D eigenvalue weighted by Crippen LogP contribution is 2.29. The molecule has 0 bridgehead atoms. The Labute approximate surface area is 130 Å². The average Bonchev–Trinajstić information content (AvgIpc) is 3.29. The number of nitrogens with one attached hydrogen (secondary N) is 1. The minimum atomic E-state index is 0.0239. The van der Waals surface area contributed by atoms with Crippen molar-refractivity contribution in [1.29, 1.82) is 0 Å². The van der Waals surface area contributed by atoms with E-state index >= 15 is 0 Å². The molecule has 0 radical (unpaired) electrons. The molecule has 2 heterocycles. The first-order chi connectivity index (χ1) is 10.6. The van der Waals surface area contributed by atoms with E-state index < -0.39 is 0 Å². The van der Waals surface area contributed by atoms with Crippen LogP contribution in [0.1, 0.15) is 31.2 Å². The van der Waals surface area contributed by atoms with E-state index in [9.17, 15) is 9.59 Å². The Balaban J connectivity index is 1.45. The lowest BCUT2D eigenvalue weighted by atomic mass is 10.0. The molecule has 3 rings (SSSR count). The maximum absolute atomic E-state index is 12.1. The number of piperidine rings is 1. The number of carbonyl (C=O) groups excluding carboxylic acids is 2. The van der Waals surface area contributed by atoms with Gasteiger partial charge in [0.15, 0.2) is 0 Å². The number of nitrogens with zero attached hydrogens (tertiary/aromatic N) is 3. The summed E-state index contributed by atoms with van der Waals surface area (Å²) in [5, 5.41) is 7.16. The quantitative estimate of drug-likeness (QED) is 0.842. The molecule has 0 unspecified atom stereocenters. The molecule has 1 aromatic heterocycles. The topological polar surface area (TPSA) is 67.2 Å². The van der Waals surface area contributed by atoms with Crippen LogP contribution in [0, 0.1) is 5.92 Å².